The van der Waals surface area contributed by atoms with Crippen molar-refractivity contribution in [2.24, 2.45) is 5.92 Å². The Labute approximate surface area is 372 Å². The lowest BCUT2D eigenvalue weighted by Crippen LogP contribution is -2.20. The van der Waals surface area contributed by atoms with Crippen LogP contribution in [-0.4, -0.2) is 15.3 Å². The molecule has 63 heavy (non-hydrogen) atoms. The number of nitrogens with one attached hydrogen (secondary N) is 3. The summed E-state index contributed by atoms with van der Waals surface area (Å²) in [6.45, 7) is 10.7. The maximum absolute atomic E-state index is 9.40. The molecule has 2 heterocycles. The minimum atomic E-state index is 0.130. The van der Waals surface area contributed by atoms with Crippen LogP contribution in [0.15, 0.2) is 199 Å². The van der Waals surface area contributed by atoms with Crippen molar-refractivity contribution in [1.29, 1.82) is 5.41 Å². The van der Waals surface area contributed by atoms with E-state index in [0.717, 1.165) is 47.3 Å². The molecule has 3 N–H and O–H groups in total. The summed E-state index contributed by atoms with van der Waals surface area (Å²) in [5.41, 5.74) is 17.0. The third-order valence-corrected chi connectivity index (χ3v) is 12.4. The Bertz CT molecular complexity index is 3050. The van der Waals surface area contributed by atoms with Crippen LogP contribution in [0.4, 0.5) is 5.69 Å². The van der Waals surface area contributed by atoms with Crippen LogP contribution in [-0.2, 0) is 11.8 Å². The maximum Gasteiger partial charge on any atom is 0.0702 e. The lowest BCUT2D eigenvalue weighted by molar-refractivity contribution is 0.590. The first-order valence-corrected chi connectivity index (χ1v) is 22.5. The summed E-state index contributed by atoms with van der Waals surface area (Å²) in [7, 11) is 0. The summed E-state index contributed by atoms with van der Waals surface area (Å²) < 4.78 is 2.43. The molecular formula is C59H56N4. The molecule has 0 fully saturated rings. The average molecular weight is 821 g/mol. The summed E-state index contributed by atoms with van der Waals surface area (Å²) in [6, 6.07) is 51.6. The highest BCUT2D eigenvalue weighted by molar-refractivity contribution is 6.14. The summed E-state index contributed by atoms with van der Waals surface area (Å²) in [4.78, 5) is 3.38. The molecule has 1 atom stereocenters. The monoisotopic (exact) mass is 820 g/mol. The molecule has 0 saturated carbocycles. The van der Waals surface area contributed by atoms with E-state index in [4.69, 9.17) is 0 Å². The second kappa shape index (κ2) is 17.7. The van der Waals surface area contributed by atoms with Gasteiger partial charge in [-0.3, -0.25) is 5.41 Å². The van der Waals surface area contributed by atoms with Crippen molar-refractivity contribution in [3.05, 3.63) is 221 Å². The van der Waals surface area contributed by atoms with Gasteiger partial charge in [-0.05, 0) is 89.4 Å². The van der Waals surface area contributed by atoms with Crippen molar-refractivity contribution in [2.45, 2.75) is 59.3 Å². The van der Waals surface area contributed by atoms with Crippen LogP contribution in [0.2, 0.25) is 0 Å². The van der Waals surface area contributed by atoms with E-state index < -0.39 is 0 Å². The molecule has 8 aromatic rings. The summed E-state index contributed by atoms with van der Waals surface area (Å²) in [6.07, 6.45) is 18.5. The van der Waals surface area contributed by atoms with Gasteiger partial charge in [0.1, 0.15) is 0 Å². The second-order valence-corrected chi connectivity index (χ2v) is 17.4. The van der Waals surface area contributed by atoms with Crippen molar-refractivity contribution in [2.75, 3.05) is 5.32 Å². The molecule has 0 spiro atoms. The Morgan fingerprint density at radius 3 is 1.97 bits per heavy atom. The van der Waals surface area contributed by atoms with Gasteiger partial charge >= 0.3 is 0 Å². The van der Waals surface area contributed by atoms with Gasteiger partial charge in [0.25, 0.3) is 0 Å². The number of nitrogens with zero attached hydrogens (tertiary/aromatic N) is 1. The van der Waals surface area contributed by atoms with Crippen molar-refractivity contribution in [3.63, 3.8) is 0 Å². The minimum Gasteiger partial charge on any atom is -0.355 e. The second-order valence-electron chi connectivity index (χ2n) is 17.4. The van der Waals surface area contributed by atoms with Gasteiger partial charge in [0, 0.05) is 66.9 Å². The Balaban J connectivity index is 0.000000283. The highest BCUT2D eigenvalue weighted by Gasteiger charge is 2.26. The molecule has 0 radical (unpaired) electrons. The van der Waals surface area contributed by atoms with Crippen LogP contribution in [0.5, 0.6) is 0 Å². The number of allylic oxidation sites excluding steroid dienone is 8. The molecule has 11 rings (SSSR count). The number of aromatic amines is 1. The van der Waals surface area contributed by atoms with E-state index in [9.17, 15) is 5.41 Å². The number of hydrogen-bond donors (Lipinski definition) is 3. The third kappa shape index (κ3) is 8.17. The van der Waals surface area contributed by atoms with Gasteiger partial charge in [0.05, 0.1) is 16.9 Å². The molecule has 1 unspecified atom stereocenters. The van der Waals surface area contributed by atoms with Gasteiger partial charge in [-0.15, -0.1) is 0 Å². The number of anilines is 1. The number of aromatic nitrogens is 2. The van der Waals surface area contributed by atoms with Gasteiger partial charge in [-0.2, -0.15) is 0 Å². The zero-order valence-corrected chi connectivity index (χ0v) is 37.0. The first kappa shape index (κ1) is 41.2. The van der Waals surface area contributed by atoms with E-state index in [-0.39, 0.29) is 5.41 Å². The zero-order valence-electron chi connectivity index (χ0n) is 37.0. The summed E-state index contributed by atoms with van der Waals surface area (Å²) >= 11 is 0. The molecular weight excluding hydrogens is 765 g/mol. The fourth-order valence-electron chi connectivity index (χ4n) is 9.18. The van der Waals surface area contributed by atoms with Crippen LogP contribution in [0.1, 0.15) is 69.8 Å². The largest absolute Gasteiger partial charge is 0.355 e. The molecule has 4 nitrogen and oxygen atoms in total. The van der Waals surface area contributed by atoms with Crippen molar-refractivity contribution < 1.29 is 0 Å². The predicted molar refractivity (Wildman–Crippen MR) is 270 cm³/mol. The fraction of sp³-hybridized carbons (Fsp3) is 0.169. The topological polar surface area (TPSA) is 56.6 Å². The van der Waals surface area contributed by atoms with Gasteiger partial charge in [-0.1, -0.05) is 180 Å². The van der Waals surface area contributed by atoms with Crippen LogP contribution in [0, 0.1) is 11.3 Å². The van der Waals surface area contributed by atoms with Crippen LogP contribution >= 0.6 is 0 Å². The molecule has 6 aromatic carbocycles. The Kier molecular flexibility index (Phi) is 11.6. The molecule has 0 amide bonds. The average Bonchev–Trinajstić information content (AvgIpc) is 3.88. The maximum atomic E-state index is 9.40. The minimum absolute atomic E-state index is 0.130. The SMILES string of the molecule is CC.CC(C)(C)c1ccc(-c2ccc(C(=N)C3=CCC4C=CC=CC4=C3Nc3ccc(-n4c5c(c6ccccc64)C=CCC5)cc3)cc2)cc1.c1ccc2c(c1)[nH]c1ccccc12. The van der Waals surface area contributed by atoms with Crippen LogP contribution < -0.4 is 5.32 Å². The number of H-pyrrole nitrogens is 1. The predicted octanol–water partition coefficient (Wildman–Crippen LogP) is 15.7. The summed E-state index contributed by atoms with van der Waals surface area (Å²) in [5.74, 6) is 0.303. The van der Waals surface area contributed by atoms with Crippen molar-refractivity contribution >= 4 is 50.2 Å². The van der Waals surface area contributed by atoms with Gasteiger partial charge in [0.2, 0.25) is 0 Å². The van der Waals surface area contributed by atoms with E-state index >= 15 is 0 Å². The molecule has 0 saturated heterocycles. The van der Waals surface area contributed by atoms with Crippen LogP contribution in [0.25, 0.3) is 55.6 Å². The van der Waals surface area contributed by atoms with E-state index in [0.29, 0.717) is 11.6 Å². The number of fused-ring (bicyclic) bond motifs is 7. The highest BCUT2D eigenvalue weighted by Crippen LogP contribution is 2.38. The Hall–Kier alpha value is -7.17. The van der Waals surface area contributed by atoms with Crippen molar-refractivity contribution in [1.82, 2.24) is 9.55 Å². The lowest BCUT2D eigenvalue weighted by atomic mass is 9.81. The molecule has 3 aliphatic carbocycles. The number of benzene rings is 6. The van der Waals surface area contributed by atoms with E-state index in [1.165, 1.54) is 66.4 Å². The highest BCUT2D eigenvalue weighted by atomic mass is 15.0. The van der Waals surface area contributed by atoms with E-state index in [1.807, 2.05) is 13.8 Å². The Morgan fingerprint density at radius 2 is 1.30 bits per heavy atom. The van der Waals surface area contributed by atoms with Crippen LogP contribution in [0.3, 0.4) is 0 Å². The zero-order chi connectivity index (χ0) is 43.5. The molecule has 0 bridgehead atoms. The normalized spacial score (nSPS) is 15.3. The lowest BCUT2D eigenvalue weighted by Gasteiger charge is -2.28. The van der Waals surface area contributed by atoms with Gasteiger partial charge in [0.15, 0.2) is 0 Å². The number of rotatable bonds is 6. The third-order valence-electron chi connectivity index (χ3n) is 12.4. The Morgan fingerprint density at radius 1 is 0.683 bits per heavy atom. The van der Waals surface area contributed by atoms with Gasteiger partial charge in [-0.25, -0.2) is 0 Å². The summed E-state index contributed by atoms with van der Waals surface area (Å²) in [5, 5.41) is 17.1. The fourth-order valence-corrected chi connectivity index (χ4v) is 9.18. The molecule has 312 valence electrons. The molecule has 4 heteroatoms. The number of para-hydroxylation sites is 3. The number of hydrogen-bond acceptors (Lipinski definition) is 2. The standard InChI is InChI=1S/C45H41N3.C12H9N.C2H6/c1-45(2,3)34-23-20-31(21-24-34)30-16-18-33(19-17-30)43(46)40-29-22-32-10-4-5-11-37(32)44(40)47-35-25-27-36(28-26-35)48-41-14-8-6-12-38(41)39-13-7-9-15-42(39)48;1-3-7-11-9(5-1)10-6-2-4-8-12(10)13-11;1-2/h4-8,10-14,16-21,23-29,32,46-47H,9,15,22H2,1-3H3;1-8,13H;1-2H3. The first-order valence-electron chi connectivity index (χ1n) is 22.5. The van der Waals surface area contributed by atoms with E-state index in [1.54, 1.807) is 0 Å². The molecule has 0 aliphatic heterocycles. The molecule has 3 aliphatic rings. The smallest absolute Gasteiger partial charge is 0.0702 e. The van der Waals surface area contributed by atoms with E-state index in [2.05, 4.69) is 224 Å². The van der Waals surface area contributed by atoms with Crippen molar-refractivity contribution in [3.8, 4) is 16.8 Å². The first-order chi connectivity index (χ1) is 30.8. The quantitative estimate of drug-likeness (QED) is 0.144. The molecule has 2 aromatic heterocycles. The van der Waals surface area contributed by atoms with Gasteiger partial charge < -0.3 is 14.9 Å².